The molecule has 5 rings (SSSR count). The fraction of sp³-hybridized carbons (Fsp3) is 0.308. The first kappa shape index (κ1) is 24.8. The number of nitrogens with one attached hydrogen (secondary N) is 2. The van der Waals surface area contributed by atoms with Crippen molar-refractivity contribution in [2.75, 3.05) is 31.5 Å². The van der Waals surface area contributed by atoms with Crippen molar-refractivity contribution in [3.63, 3.8) is 0 Å². The molecule has 4 aromatic rings. The third-order valence-corrected chi connectivity index (χ3v) is 8.32. The van der Waals surface area contributed by atoms with Crippen LogP contribution < -0.4 is 10.6 Å². The molecule has 0 spiro atoms. The van der Waals surface area contributed by atoms with Gasteiger partial charge in [0.1, 0.15) is 12.1 Å². The molecule has 2 N–H and O–H groups in total. The molecule has 2 aromatic heterocycles. The minimum Gasteiger partial charge on any atom is -0.369 e. The van der Waals surface area contributed by atoms with Crippen LogP contribution in [0.2, 0.25) is 0 Å². The summed E-state index contributed by atoms with van der Waals surface area (Å²) in [6.45, 7) is 2.59. The second kappa shape index (κ2) is 11.1. The Balaban J connectivity index is 1.16. The normalized spacial score (nSPS) is 14.2. The van der Waals surface area contributed by atoms with E-state index in [1.807, 2.05) is 18.2 Å². The Morgan fingerprint density at radius 1 is 0.946 bits per heavy atom. The van der Waals surface area contributed by atoms with Crippen molar-refractivity contribution in [2.24, 2.45) is 0 Å². The summed E-state index contributed by atoms with van der Waals surface area (Å²) in [6, 6.07) is 16.3. The van der Waals surface area contributed by atoms with Crippen molar-refractivity contribution in [3.8, 4) is 0 Å². The Kier molecular flexibility index (Phi) is 7.42. The smallest absolute Gasteiger partial charge is 0.251 e. The van der Waals surface area contributed by atoms with Gasteiger partial charge in [0, 0.05) is 31.7 Å². The maximum atomic E-state index is 12.7. The van der Waals surface area contributed by atoms with Gasteiger partial charge in [0.2, 0.25) is 10.0 Å². The predicted octanol–water partition coefficient (Wildman–Crippen LogP) is 2.70. The van der Waals surface area contributed by atoms with Crippen LogP contribution >= 0.6 is 0 Å². The van der Waals surface area contributed by atoms with Crippen LogP contribution in [0.3, 0.4) is 0 Å². The molecule has 0 saturated carbocycles. The summed E-state index contributed by atoms with van der Waals surface area (Å²) in [7, 11) is -3.50. The molecule has 192 valence electrons. The maximum absolute atomic E-state index is 12.7. The second-order valence-corrected chi connectivity index (χ2v) is 10.8. The van der Waals surface area contributed by atoms with Gasteiger partial charge in [0.15, 0.2) is 5.65 Å². The standard InChI is InChI=1S/C26H29N7O3S/c34-26(21-8-10-22(11-9-21)37(35,36)32-15-4-5-16-32)28-14-17-33-25-23(18-31-33)24(29-19-30-25)27-13-12-20-6-2-1-3-7-20/h1-3,6-11,18-19H,4-5,12-17H2,(H,28,34)(H,27,29,30). The number of benzene rings is 2. The van der Waals surface area contributed by atoms with Crippen molar-refractivity contribution in [3.05, 3.63) is 78.2 Å². The van der Waals surface area contributed by atoms with E-state index in [0.29, 0.717) is 37.4 Å². The summed E-state index contributed by atoms with van der Waals surface area (Å²) in [5, 5.41) is 11.5. The van der Waals surface area contributed by atoms with Crippen LogP contribution in [0.4, 0.5) is 5.82 Å². The molecule has 0 unspecified atom stereocenters. The van der Waals surface area contributed by atoms with Crippen molar-refractivity contribution in [2.45, 2.75) is 30.7 Å². The number of hydrogen-bond donors (Lipinski definition) is 2. The van der Waals surface area contributed by atoms with E-state index in [-0.39, 0.29) is 10.8 Å². The number of fused-ring (bicyclic) bond motifs is 1. The predicted molar refractivity (Wildman–Crippen MR) is 141 cm³/mol. The summed E-state index contributed by atoms with van der Waals surface area (Å²) in [5.74, 6) is 0.444. The molecule has 1 aliphatic heterocycles. The van der Waals surface area contributed by atoms with Gasteiger partial charge in [-0.2, -0.15) is 9.40 Å². The van der Waals surface area contributed by atoms with E-state index in [4.69, 9.17) is 0 Å². The molecule has 37 heavy (non-hydrogen) atoms. The highest BCUT2D eigenvalue weighted by Crippen LogP contribution is 2.21. The average Bonchev–Trinajstić information content (AvgIpc) is 3.61. The fourth-order valence-corrected chi connectivity index (χ4v) is 5.92. The van der Waals surface area contributed by atoms with Crippen LogP contribution in [0.5, 0.6) is 0 Å². The van der Waals surface area contributed by atoms with E-state index in [9.17, 15) is 13.2 Å². The van der Waals surface area contributed by atoms with Gasteiger partial charge in [0.05, 0.1) is 23.0 Å². The lowest BCUT2D eigenvalue weighted by Crippen LogP contribution is -2.29. The van der Waals surface area contributed by atoms with Crippen LogP contribution in [0.15, 0.2) is 72.0 Å². The number of carbonyl (C=O) groups is 1. The van der Waals surface area contributed by atoms with E-state index >= 15 is 0 Å². The van der Waals surface area contributed by atoms with Crippen molar-refractivity contribution >= 4 is 32.8 Å². The Morgan fingerprint density at radius 2 is 1.70 bits per heavy atom. The molecule has 0 bridgehead atoms. The quantitative estimate of drug-likeness (QED) is 0.330. The second-order valence-electron chi connectivity index (χ2n) is 8.88. The highest BCUT2D eigenvalue weighted by Gasteiger charge is 2.27. The zero-order chi connectivity index (χ0) is 25.7. The number of sulfonamides is 1. The molecule has 3 heterocycles. The maximum Gasteiger partial charge on any atom is 0.251 e. The number of carbonyl (C=O) groups excluding carboxylic acids is 1. The number of hydrogen-bond acceptors (Lipinski definition) is 7. The van der Waals surface area contributed by atoms with Crippen LogP contribution in [-0.4, -0.2) is 64.6 Å². The van der Waals surface area contributed by atoms with E-state index in [1.165, 1.54) is 28.3 Å². The third-order valence-electron chi connectivity index (χ3n) is 6.41. The minimum absolute atomic E-state index is 0.210. The van der Waals surface area contributed by atoms with Crippen molar-refractivity contribution in [1.29, 1.82) is 0 Å². The lowest BCUT2D eigenvalue weighted by atomic mass is 10.1. The lowest BCUT2D eigenvalue weighted by molar-refractivity contribution is 0.0952. The van der Waals surface area contributed by atoms with Crippen LogP contribution in [0, 0.1) is 0 Å². The van der Waals surface area contributed by atoms with Gasteiger partial charge in [-0.05, 0) is 49.1 Å². The van der Waals surface area contributed by atoms with Gasteiger partial charge < -0.3 is 10.6 Å². The first-order valence-electron chi connectivity index (χ1n) is 12.3. The van der Waals surface area contributed by atoms with Crippen LogP contribution in [-0.2, 0) is 23.0 Å². The average molecular weight is 520 g/mol. The Hall–Kier alpha value is -3.83. The zero-order valence-corrected chi connectivity index (χ0v) is 21.2. The topological polar surface area (TPSA) is 122 Å². The molecule has 0 radical (unpaired) electrons. The van der Waals surface area contributed by atoms with Crippen molar-refractivity contribution < 1.29 is 13.2 Å². The number of rotatable bonds is 10. The lowest BCUT2D eigenvalue weighted by Gasteiger charge is -2.15. The van der Waals surface area contributed by atoms with E-state index < -0.39 is 10.0 Å². The van der Waals surface area contributed by atoms with Gasteiger partial charge in [-0.25, -0.2) is 23.1 Å². The summed E-state index contributed by atoms with van der Waals surface area (Å²) in [4.78, 5) is 21.5. The Bertz CT molecular complexity index is 1470. The number of amides is 1. The molecular formula is C26H29N7O3S. The van der Waals surface area contributed by atoms with Gasteiger partial charge in [-0.1, -0.05) is 30.3 Å². The van der Waals surface area contributed by atoms with Crippen molar-refractivity contribution in [1.82, 2.24) is 29.4 Å². The summed E-state index contributed by atoms with van der Waals surface area (Å²) in [6.07, 6.45) is 5.85. The van der Waals surface area contributed by atoms with Gasteiger partial charge >= 0.3 is 0 Å². The molecule has 0 aliphatic carbocycles. The third kappa shape index (κ3) is 5.62. The molecule has 1 fully saturated rings. The van der Waals surface area contributed by atoms with E-state index in [1.54, 1.807) is 23.0 Å². The largest absolute Gasteiger partial charge is 0.369 e. The highest BCUT2D eigenvalue weighted by atomic mass is 32.2. The number of aromatic nitrogens is 4. The van der Waals surface area contributed by atoms with E-state index in [2.05, 4.69) is 37.8 Å². The molecule has 0 atom stereocenters. The number of nitrogens with zero attached hydrogens (tertiary/aromatic N) is 5. The minimum atomic E-state index is -3.50. The summed E-state index contributed by atoms with van der Waals surface area (Å²) < 4.78 is 28.6. The van der Waals surface area contributed by atoms with Gasteiger partial charge in [0.25, 0.3) is 5.91 Å². The molecular weight excluding hydrogens is 490 g/mol. The van der Waals surface area contributed by atoms with Gasteiger partial charge in [-0.3, -0.25) is 4.79 Å². The molecule has 2 aromatic carbocycles. The summed E-state index contributed by atoms with van der Waals surface area (Å²) in [5.41, 5.74) is 2.33. The molecule has 1 saturated heterocycles. The fourth-order valence-electron chi connectivity index (χ4n) is 4.40. The molecule has 1 aliphatic rings. The van der Waals surface area contributed by atoms with E-state index in [0.717, 1.165) is 37.0 Å². The summed E-state index contributed by atoms with van der Waals surface area (Å²) >= 11 is 0. The SMILES string of the molecule is O=C(NCCn1ncc2c(NCCc3ccccc3)ncnc21)c1ccc(S(=O)(=O)N2CCCC2)cc1. The molecule has 10 nitrogen and oxygen atoms in total. The number of anilines is 1. The molecule has 1 amide bonds. The first-order chi connectivity index (χ1) is 18.0. The van der Waals surface area contributed by atoms with Crippen LogP contribution in [0.1, 0.15) is 28.8 Å². The first-order valence-corrected chi connectivity index (χ1v) is 13.8. The zero-order valence-electron chi connectivity index (χ0n) is 20.4. The molecule has 11 heteroatoms. The Labute approximate surface area is 215 Å². The van der Waals surface area contributed by atoms with Gasteiger partial charge in [-0.15, -0.1) is 0 Å². The highest BCUT2D eigenvalue weighted by molar-refractivity contribution is 7.89. The monoisotopic (exact) mass is 519 g/mol. The Morgan fingerprint density at radius 3 is 2.46 bits per heavy atom. The van der Waals surface area contributed by atoms with Crippen LogP contribution in [0.25, 0.3) is 11.0 Å².